The summed E-state index contributed by atoms with van der Waals surface area (Å²) in [5, 5.41) is 10.6. The van der Waals surface area contributed by atoms with E-state index in [1.54, 1.807) is 6.07 Å². The minimum Gasteiger partial charge on any atom is -0.507 e. The van der Waals surface area contributed by atoms with E-state index in [1.165, 1.54) is 36.0 Å². The molecule has 0 atom stereocenters. The Morgan fingerprint density at radius 3 is 2.81 bits per heavy atom. The fourth-order valence-electron chi connectivity index (χ4n) is 3.33. The second kappa shape index (κ2) is 6.15. The van der Waals surface area contributed by atoms with Crippen molar-refractivity contribution < 1.29 is 19.4 Å². The molecule has 0 fully saturated rings. The Balaban J connectivity index is 1.77. The number of benzene rings is 1. The van der Waals surface area contributed by atoms with Gasteiger partial charge in [-0.25, -0.2) is 5.43 Å². The van der Waals surface area contributed by atoms with E-state index in [0.29, 0.717) is 15.7 Å². The molecule has 0 bridgehead atoms. The fourth-order valence-corrected chi connectivity index (χ4v) is 4.41. The lowest BCUT2D eigenvalue weighted by atomic mass is 9.91. The first-order chi connectivity index (χ1) is 12.5. The minimum atomic E-state index is -0.481. The number of nitrogens with one attached hydrogen (secondary N) is 2. The van der Waals surface area contributed by atoms with Crippen molar-refractivity contribution in [2.24, 2.45) is 5.73 Å². The van der Waals surface area contributed by atoms with E-state index in [9.17, 15) is 14.7 Å². The van der Waals surface area contributed by atoms with Crippen LogP contribution >= 0.6 is 11.3 Å². The number of fused-ring (bicyclic) bond motifs is 2. The molecule has 4 rings (SSSR count). The number of ketones is 1. The molecule has 0 saturated heterocycles. The number of Topliss-reactive ketones (excluding diaryl/α,β-unsaturated/α-hetero) is 1. The molecule has 0 saturated carbocycles. The Morgan fingerprint density at radius 1 is 1.31 bits per heavy atom. The van der Waals surface area contributed by atoms with E-state index in [-0.39, 0.29) is 17.1 Å². The van der Waals surface area contributed by atoms with Gasteiger partial charge in [0.1, 0.15) is 11.5 Å². The van der Waals surface area contributed by atoms with Gasteiger partial charge in [0.2, 0.25) is 0 Å². The molecule has 1 aliphatic carbocycles. The van der Waals surface area contributed by atoms with Crippen LogP contribution in [0.25, 0.3) is 5.70 Å². The smallest absolute Gasteiger partial charge is 0.259 e. The molecule has 1 amide bonds. The van der Waals surface area contributed by atoms with Crippen molar-refractivity contribution in [2.45, 2.75) is 19.8 Å². The zero-order chi connectivity index (χ0) is 18.4. The van der Waals surface area contributed by atoms with E-state index in [1.807, 2.05) is 0 Å². The van der Waals surface area contributed by atoms with E-state index in [2.05, 4.69) is 10.9 Å². The molecule has 5 N–H and O–H groups in total. The van der Waals surface area contributed by atoms with Crippen molar-refractivity contribution >= 4 is 28.7 Å². The Kier molecular flexibility index (Phi) is 3.93. The first kappa shape index (κ1) is 16.6. The summed E-state index contributed by atoms with van der Waals surface area (Å²) in [6.45, 7) is 2.13. The number of nitrogens with two attached hydrogens (primary N) is 1. The first-order valence-corrected chi connectivity index (χ1v) is 8.96. The summed E-state index contributed by atoms with van der Waals surface area (Å²) in [5.74, 6) is -0.470. The Bertz CT molecular complexity index is 977. The van der Waals surface area contributed by atoms with Gasteiger partial charge in [-0.05, 0) is 43.0 Å². The third-order valence-electron chi connectivity index (χ3n) is 4.55. The lowest BCUT2D eigenvalue weighted by molar-refractivity contribution is 0.0997. The average Bonchev–Trinajstić information content (AvgIpc) is 3.18. The molecule has 134 valence electrons. The molecule has 1 aromatic carbocycles. The maximum atomic E-state index is 11.9. The van der Waals surface area contributed by atoms with Gasteiger partial charge in [0.15, 0.2) is 10.8 Å². The topological polar surface area (TPSA) is 114 Å². The zero-order valence-electron chi connectivity index (χ0n) is 14.0. The predicted molar refractivity (Wildman–Crippen MR) is 97.4 cm³/mol. The molecule has 1 aliphatic heterocycles. The van der Waals surface area contributed by atoms with Crippen LogP contribution in [0.3, 0.4) is 0 Å². The van der Waals surface area contributed by atoms with Crippen molar-refractivity contribution in [3.8, 4) is 16.6 Å². The van der Waals surface area contributed by atoms with Crippen molar-refractivity contribution in [1.29, 1.82) is 0 Å². The van der Waals surface area contributed by atoms with Crippen LogP contribution in [-0.2, 0) is 6.42 Å². The van der Waals surface area contributed by atoms with Crippen LogP contribution in [0, 0.1) is 0 Å². The second-order valence-electron chi connectivity index (χ2n) is 6.23. The number of rotatable bonds is 4. The number of amides is 1. The molecule has 8 heteroatoms. The van der Waals surface area contributed by atoms with E-state index >= 15 is 0 Å². The molecular weight excluding hydrogens is 354 g/mol. The number of aromatic hydroxyl groups is 1. The normalized spacial score (nSPS) is 15.3. The molecule has 2 heterocycles. The number of phenols is 1. The highest BCUT2D eigenvalue weighted by atomic mass is 32.1. The number of hydrogen-bond donors (Lipinski definition) is 4. The van der Waals surface area contributed by atoms with Crippen LogP contribution in [-0.4, -0.2) is 23.3 Å². The summed E-state index contributed by atoms with van der Waals surface area (Å²) in [4.78, 5) is 23.8. The predicted octanol–water partition coefficient (Wildman–Crippen LogP) is 2.31. The number of carbonyl (C=O) groups is 2. The number of hydrogen-bond acceptors (Lipinski definition) is 7. The average molecular weight is 371 g/mol. The van der Waals surface area contributed by atoms with Gasteiger partial charge in [0.05, 0.1) is 21.7 Å². The highest BCUT2D eigenvalue weighted by Gasteiger charge is 2.32. The Labute approximate surface area is 153 Å². The fraction of sp³-hybridized carbons (Fsp3) is 0.222. The number of hydrazine groups is 1. The van der Waals surface area contributed by atoms with Gasteiger partial charge in [-0.3, -0.25) is 9.59 Å². The lowest BCUT2D eigenvalue weighted by Gasteiger charge is -2.16. The molecule has 7 nitrogen and oxygen atoms in total. The van der Waals surface area contributed by atoms with Crippen molar-refractivity contribution in [3.05, 3.63) is 45.3 Å². The van der Waals surface area contributed by atoms with E-state index in [4.69, 9.17) is 10.5 Å². The van der Waals surface area contributed by atoms with Crippen LogP contribution in [0.15, 0.2) is 23.8 Å². The third-order valence-corrected chi connectivity index (χ3v) is 5.68. The molecular formula is C18H17N3O4S. The summed E-state index contributed by atoms with van der Waals surface area (Å²) < 4.78 is 5.97. The van der Waals surface area contributed by atoms with Gasteiger partial charge < -0.3 is 21.0 Å². The maximum Gasteiger partial charge on any atom is 0.259 e. The first-order valence-electron chi connectivity index (χ1n) is 8.14. The molecule has 0 radical (unpaired) electrons. The van der Waals surface area contributed by atoms with Gasteiger partial charge >= 0.3 is 0 Å². The Morgan fingerprint density at radius 2 is 2.12 bits per heavy atom. The quantitative estimate of drug-likeness (QED) is 0.614. The molecule has 26 heavy (non-hydrogen) atoms. The second-order valence-corrected chi connectivity index (χ2v) is 7.21. The van der Waals surface area contributed by atoms with Crippen molar-refractivity contribution in [2.75, 3.05) is 6.54 Å². The van der Waals surface area contributed by atoms with Gasteiger partial charge in [-0.15, -0.1) is 0 Å². The largest absolute Gasteiger partial charge is 0.507 e. The molecule has 2 aliphatic rings. The molecule has 1 aromatic heterocycles. The monoisotopic (exact) mass is 371 g/mol. The van der Waals surface area contributed by atoms with Crippen LogP contribution in [0.5, 0.6) is 16.6 Å². The molecule has 0 unspecified atom stereocenters. The summed E-state index contributed by atoms with van der Waals surface area (Å²) in [7, 11) is 0. The lowest BCUT2D eigenvalue weighted by Crippen LogP contribution is -2.23. The highest BCUT2D eigenvalue weighted by molar-refractivity contribution is 7.16. The van der Waals surface area contributed by atoms with Gasteiger partial charge in [-0.2, -0.15) is 0 Å². The van der Waals surface area contributed by atoms with Gasteiger partial charge in [0.25, 0.3) is 5.91 Å². The molecule has 2 aromatic rings. The highest BCUT2D eigenvalue weighted by Crippen LogP contribution is 2.46. The van der Waals surface area contributed by atoms with Crippen LogP contribution in [0.4, 0.5) is 0 Å². The summed E-state index contributed by atoms with van der Waals surface area (Å²) in [6.07, 6.45) is 1.58. The molecule has 0 spiro atoms. The minimum absolute atomic E-state index is 0.142. The standard InChI is InChI=1S/C18H17N3O4S/c1-8(22)11-5-3-10(6-13(11)23)25-18-14-12(16(26-18)17(19)24)4-2-9-7-20-21-15(9)14/h3,5-6,20-21,23H,2,4,7H2,1H3,(H2,19,24). The summed E-state index contributed by atoms with van der Waals surface area (Å²) in [5.41, 5.74) is 15.9. The van der Waals surface area contributed by atoms with Crippen LogP contribution in [0.1, 0.15) is 44.5 Å². The van der Waals surface area contributed by atoms with Crippen LogP contribution < -0.4 is 21.3 Å². The van der Waals surface area contributed by atoms with E-state index < -0.39 is 5.91 Å². The van der Waals surface area contributed by atoms with Crippen LogP contribution in [0.2, 0.25) is 0 Å². The zero-order valence-corrected chi connectivity index (χ0v) is 14.8. The summed E-state index contributed by atoms with van der Waals surface area (Å²) >= 11 is 1.20. The number of carbonyl (C=O) groups excluding carboxylic acids is 2. The van der Waals surface area contributed by atoms with Gasteiger partial charge in [-0.1, -0.05) is 11.3 Å². The number of ether oxygens (including phenoxy) is 1. The third kappa shape index (κ3) is 2.63. The van der Waals surface area contributed by atoms with Crippen molar-refractivity contribution in [1.82, 2.24) is 10.9 Å². The number of primary amides is 1. The summed E-state index contributed by atoms with van der Waals surface area (Å²) in [6, 6.07) is 4.53. The number of phenolic OH excluding ortho intramolecular Hbond substituents is 1. The number of thiophene rings is 1. The van der Waals surface area contributed by atoms with Gasteiger partial charge in [0, 0.05) is 12.6 Å². The van der Waals surface area contributed by atoms with E-state index in [0.717, 1.165) is 36.2 Å². The SMILES string of the molecule is CC(=O)c1ccc(Oc2sc(C(N)=O)c3c2C2=C(CC3)CNN2)cc1O. The Hall–Kier alpha value is -2.84. The van der Waals surface area contributed by atoms with Crippen molar-refractivity contribution in [3.63, 3.8) is 0 Å². The maximum absolute atomic E-state index is 11.9.